The van der Waals surface area contributed by atoms with Crippen molar-refractivity contribution in [3.05, 3.63) is 23.8 Å². The molecule has 10 heteroatoms. The molecule has 7 nitrogen and oxygen atoms in total. The molecule has 144 valence electrons. The van der Waals surface area contributed by atoms with Crippen LogP contribution in [0.3, 0.4) is 0 Å². The summed E-state index contributed by atoms with van der Waals surface area (Å²) in [6, 6.07) is 3.80. The van der Waals surface area contributed by atoms with Gasteiger partial charge in [0.15, 0.2) is 0 Å². The second-order valence-corrected chi connectivity index (χ2v) is 9.77. The van der Waals surface area contributed by atoms with Gasteiger partial charge in [0.1, 0.15) is 0 Å². The summed E-state index contributed by atoms with van der Waals surface area (Å²) in [5.74, 6) is 0. The zero-order chi connectivity index (χ0) is 18.0. The van der Waals surface area contributed by atoms with Crippen molar-refractivity contribution in [1.29, 1.82) is 0 Å². The molecule has 1 aromatic carbocycles. The summed E-state index contributed by atoms with van der Waals surface area (Å²) < 4.78 is 54.4. The van der Waals surface area contributed by atoms with E-state index in [1.165, 1.54) is 22.5 Å². The minimum Gasteiger partial charge on any atom is -0.329 e. The molecule has 1 fully saturated rings. The molecule has 25 heavy (non-hydrogen) atoms. The van der Waals surface area contributed by atoms with E-state index in [-0.39, 0.29) is 28.7 Å². The summed E-state index contributed by atoms with van der Waals surface area (Å²) in [7, 11) is -7.51. The normalized spacial score (nSPS) is 17.7. The van der Waals surface area contributed by atoms with Crippen molar-refractivity contribution in [3.63, 3.8) is 0 Å². The Labute approximate surface area is 156 Å². The standard InChI is InChI=1S/C15H25N3O4S2.ClH/c1-12-6-7-14(24(21,22)18-8-4-3-5-9-18)10-15(12)23(19,20)17-13(2)11-16;/h6-7,10,13,17H,3-5,8-9,11,16H2,1-2H3;1H/t13-;/m0./s1. The maximum Gasteiger partial charge on any atom is 0.243 e. The van der Waals surface area contributed by atoms with Crippen molar-refractivity contribution in [3.8, 4) is 0 Å². The van der Waals surface area contributed by atoms with Gasteiger partial charge in [-0.2, -0.15) is 4.31 Å². The van der Waals surface area contributed by atoms with Crippen LogP contribution >= 0.6 is 12.4 Å². The Morgan fingerprint density at radius 2 is 1.76 bits per heavy atom. The van der Waals surface area contributed by atoms with Gasteiger partial charge in [-0.05, 0) is 44.4 Å². The Bertz CT molecular complexity index is 791. The summed E-state index contributed by atoms with van der Waals surface area (Å²) in [4.78, 5) is -0.0170. The zero-order valence-corrected chi connectivity index (χ0v) is 16.9. The van der Waals surface area contributed by atoms with Crippen molar-refractivity contribution in [1.82, 2.24) is 9.03 Å². The predicted octanol–water partition coefficient (Wildman–Crippen LogP) is 1.22. The number of aryl methyl sites for hydroxylation is 1. The van der Waals surface area contributed by atoms with E-state index in [4.69, 9.17) is 5.73 Å². The number of benzene rings is 1. The van der Waals surface area contributed by atoms with Crippen LogP contribution in [-0.4, -0.2) is 46.8 Å². The van der Waals surface area contributed by atoms with E-state index >= 15 is 0 Å². The van der Waals surface area contributed by atoms with E-state index < -0.39 is 26.1 Å². The van der Waals surface area contributed by atoms with Crippen molar-refractivity contribution in [2.24, 2.45) is 5.73 Å². The lowest BCUT2D eigenvalue weighted by atomic mass is 10.2. The van der Waals surface area contributed by atoms with E-state index in [2.05, 4.69) is 4.72 Å². The van der Waals surface area contributed by atoms with Crippen LogP contribution in [0.4, 0.5) is 0 Å². The molecule has 1 aromatic rings. The van der Waals surface area contributed by atoms with E-state index in [0.717, 1.165) is 19.3 Å². The molecule has 0 unspecified atom stereocenters. The quantitative estimate of drug-likeness (QED) is 0.731. The fourth-order valence-corrected chi connectivity index (χ4v) is 5.81. The lowest BCUT2D eigenvalue weighted by Gasteiger charge is -2.26. The second kappa shape index (κ2) is 8.79. The minimum absolute atomic E-state index is 0. The van der Waals surface area contributed by atoms with Crippen LogP contribution in [0.25, 0.3) is 0 Å². The molecule has 2 rings (SSSR count). The first kappa shape index (κ1) is 22.3. The molecule has 0 aliphatic carbocycles. The fraction of sp³-hybridized carbons (Fsp3) is 0.600. The van der Waals surface area contributed by atoms with Gasteiger partial charge >= 0.3 is 0 Å². The van der Waals surface area contributed by atoms with Gasteiger partial charge in [-0.3, -0.25) is 0 Å². The third kappa shape index (κ3) is 5.15. The Hall–Kier alpha value is -0.710. The smallest absolute Gasteiger partial charge is 0.243 e. The molecule has 1 aliphatic rings. The van der Waals surface area contributed by atoms with Crippen molar-refractivity contribution in [2.75, 3.05) is 19.6 Å². The number of hydrogen-bond acceptors (Lipinski definition) is 5. The molecule has 3 N–H and O–H groups in total. The Balaban J connectivity index is 0.00000312. The van der Waals surface area contributed by atoms with Gasteiger partial charge in [0.25, 0.3) is 0 Å². The largest absolute Gasteiger partial charge is 0.329 e. The third-order valence-corrected chi connectivity index (χ3v) is 7.74. The molecule has 0 bridgehead atoms. The average Bonchev–Trinajstić information content (AvgIpc) is 2.55. The molecular formula is C15H26ClN3O4S2. The lowest BCUT2D eigenvalue weighted by molar-refractivity contribution is 0.346. The number of nitrogens with zero attached hydrogens (tertiary/aromatic N) is 1. The van der Waals surface area contributed by atoms with Gasteiger partial charge < -0.3 is 5.73 Å². The van der Waals surface area contributed by atoms with Crippen LogP contribution in [0.2, 0.25) is 0 Å². The van der Waals surface area contributed by atoms with Crippen LogP contribution < -0.4 is 10.5 Å². The lowest BCUT2D eigenvalue weighted by Crippen LogP contribution is -2.38. The summed E-state index contributed by atoms with van der Waals surface area (Å²) in [6.45, 7) is 4.39. The van der Waals surface area contributed by atoms with Crippen LogP contribution in [0.1, 0.15) is 31.7 Å². The first-order valence-electron chi connectivity index (χ1n) is 8.01. The predicted molar refractivity (Wildman–Crippen MR) is 99.9 cm³/mol. The number of rotatable bonds is 6. The maximum absolute atomic E-state index is 12.7. The van der Waals surface area contributed by atoms with Crippen LogP contribution in [0, 0.1) is 6.92 Å². The van der Waals surface area contributed by atoms with Gasteiger partial charge in [0.2, 0.25) is 20.0 Å². The van der Waals surface area contributed by atoms with Gasteiger partial charge in [-0.1, -0.05) is 12.5 Å². The van der Waals surface area contributed by atoms with Gasteiger partial charge in [-0.25, -0.2) is 21.6 Å². The number of nitrogens with one attached hydrogen (secondary N) is 1. The molecule has 0 spiro atoms. The van der Waals surface area contributed by atoms with E-state index in [9.17, 15) is 16.8 Å². The highest BCUT2D eigenvalue weighted by atomic mass is 35.5. The van der Waals surface area contributed by atoms with Gasteiger partial charge in [-0.15, -0.1) is 12.4 Å². The van der Waals surface area contributed by atoms with Crippen molar-refractivity contribution < 1.29 is 16.8 Å². The highest BCUT2D eigenvalue weighted by Crippen LogP contribution is 2.25. The number of halogens is 1. The molecule has 1 heterocycles. The van der Waals surface area contributed by atoms with E-state index in [0.29, 0.717) is 18.7 Å². The van der Waals surface area contributed by atoms with E-state index in [1.807, 2.05) is 0 Å². The second-order valence-electron chi connectivity index (χ2n) is 6.15. The molecule has 1 atom stereocenters. The molecule has 1 saturated heterocycles. The van der Waals surface area contributed by atoms with Crippen LogP contribution in [0.15, 0.2) is 28.0 Å². The molecule has 0 aromatic heterocycles. The number of sulfonamides is 2. The van der Waals surface area contributed by atoms with Crippen molar-refractivity contribution >= 4 is 32.5 Å². The van der Waals surface area contributed by atoms with Crippen molar-refractivity contribution in [2.45, 2.75) is 48.9 Å². The molecule has 0 radical (unpaired) electrons. The zero-order valence-electron chi connectivity index (χ0n) is 14.4. The Morgan fingerprint density at radius 3 is 2.32 bits per heavy atom. The van der Waals surface area contributed by atoms with Gasteiger partial charge in [0.05, 0.1) is 9.79 Å². The third-order valence-electron chi connectivity index (χ3n) is 4.11. The number of nitrogens with two attached hydrogens (primary N) is 1. The molecule has 1 aliphatic heterocycles. The SMILES string of the molecule is Cc1ccc(S(=O)(=O)N2CCCCC2)cc1S(=O)(=O)N[C@@H](C)CN.Cl. The van der Waals surface area contributed by atoms with Gasteiger partial charge in [0, 0.05) is 25.7 Å². The Kier molecular flexibility index (Phi) is 7.85. The van der Waals surface area contributed by atoms with E-state index in [1.54, 1.807) is 13.8 Å². The molecular weight excluding hydrogens is 386 g/mol. The number of piperidine rings is 1. The summed E-state index contributed by atoms with van der Waals surface area (Å²) in [6.07, 6.45) is 2.66. The monoisotopic (exact) mass is 411 g/mol. The summed E-state index contributed by atoms with van der Waals surface area (Å²) in [5, 5.41) is 0. The molecule has 0 saturated carbocycles. The minimum atomic E-state index is -3.83. The van der Waals surface area contributed by atoms with Crippen LogP contribution in [0.5, 0.6) is 0 Å². The summed E-state index contributed by atoms with van der Waals surface area (Å²) >= 11 is 0. The van der Waals surface area contributed by atoms with Crippen LogP contribution in [-0.2, 0) is 20.0 Å². The summed E-state index contributed by atoms with van der Waals surface area (Å²) in [5.41, 5.74) is 5.95. The highest BCUT2D eigenvalue weighted by Gasteiger charge is 2.28. The first-order valence-corrected chi connectivity index (χ1v) is 10.9. The average molecular weight is 412 g/mol. The highest BCUT2D eigenvalue weighted by molar-refractivity contribution is 7.90. The maximum atomic E-state index is 12.7. The topological polar surface area (TPSA) is 110 Å². The molecule has 0 amide bonds. The first-order chi connectivity index (χ1) is 11.2. The fourth-order valence-electron chi connectivity index (χ4n) is 2.66. The Morgan fingerprint density at radius 1 is 1.16 bits per heavy atom. The number of hydrogen-bond donors (Lipinski definition) is 2.